The average Bonchev–Trinajstić information content (AvgIpc) is 3.63. The molecule has 1 atom stereocenters. The lowest BCUT2D eigenvalue weighted by Gasteiger charge is -2.17. The van der Waals surface area contributed by atoms with Crippen LogP contribution in [-0.4, -0.2) is 25.3 Å². The standard InChI is InChI=1S/C27H19ClFN7O/c28-17-3-7-24(35-14-19(13-30)33-34-35)21(11-17)16-9-20-6-8-25(36(20)26(37)10-16)23-12-22(27(29)32-23)15-1-4-18(31)5-2-15/h1-5,7,9-11,14,25H,6,8,12,31H2/t25-/m0/s1. The second kappa shape index (κ2) is 8.84. The molecule has 0 fully saturated rings. The fraction of sp³-hybridized carbons (Fsp3) is 0.148. The van der Waals surface area contributed by atoms with Crippen LogP contribution in [0.25, 0.3) is 22.4 Å². The summed E-state index contributed by atoms with van der Waals surface area (Å²) in [5, 5.41) is 17.5. The predicted octanol–water partition coefficient (Wildman–Crippen LogP) is 4.87. The molecule has 37 heavy (non-hydrogen) atoms. The highest BCUT2D eigenvalue weighted by atomic mass is 35.5. The van der Waals surface area contributed by atoms with Gasteiger partial charge in [-0.15, -0.1) is 5.10 Å². The highest BCUT2D eigenvalue weighted by Gasteiger charge is 2.32. The third-order valence-corrected chi connectivity index (χ3v) is 6.99. The summed E-state index contributed by atoms with van der Waals surface area (Å²) < 4.78 is 18.0. The minimum Gasteiger partial charge on any atom is -0.399 e. The zero-order valence-corrected chi connectivity index (χ0v) is 20.2. The van der Waals surface area contributed by atoms with E-state index in [2.05, 4.69) is 15.3 Å². The SMILES string of the molecule is N#Cc1cn(-c2ccc(Cl)cc2-c2cc3n(c(=O)c2)[C@H](C2=NC(F)=C(c4ccc(N)cc4)C2)CC3)nn1. The number of aliphatic imine (C=N–C) groups is 1. The van der Waals surface area contributed by atoms with Crippen molar-refractivity contribution < 1.29 is 4.39 Å². The maximum atomic E-state index is 14.8. The number of hydrogen-bond acceptors (Lipinski definition) is 6. The van der Waals surface area contributed by atoms with Crippen LogP contribution in [0.5, 0.6) is 0 Å². The minimum absolute atomic E-state index is 0.175. The molecule has 2 aromatic heterocycles. The monoisotopic (exact) mass is 511 g/mol. The summed E-state index contributed by atoms with van der Waals surface area (Å²) in [6.07, 6.45) is 3.14. The van der Waals surface area contributed by atoms with Crippen molar-refractivity contribution in [1.82, 2.24) is 19.6 Å². The number of nitrogens with zero attached hydrogens (tertiary/aromatic N) is 6. The van der Waals surface area contributed by atoms with Crippen LogP contribution in [0, 0.1) is 11.3 Å². The Morgan fingerprint density at radius 1 is 1.11 bits per heavy atom. The predicted molar refractivity (Wildman–Crippen MR) is 139 cm³/mol. The number of benzene rings is 2. The molecule has 0 radical (unpaired) electrons. The maximum Gasteiger partial charge on any atom is 0.251 e. The lowest BCUT2D eigenvalue weighted by molar-refractivity contribution is 0.624. The lowest BCUT2D eigenvalue weighted by Crippen LogP contribution is -2.27. The molecule has 8 nitrogen and oxygen atoms in total. The van der Waals surface area contributed by atoms with Crippen molar-refractivity contribution in [3.63, 3.8) is 0 Å². The van der Waals surface area contributed by atoms with E-state index in [9.17, 15) is 9.18 Å². The fourth-order valence-corrected chi connectivity index (χ4v) is 5.20. The molecule has 4 heterocycles. The van der Waals surface area contributed by atoms with Crippen LogP contribution >= 0.6 is 11.6 Å². The summed E-state index contributed by atoms with van der Waals surface area (Å²) in [4.78, 5) is 17.6. The third-order valence-electron chi connectivity index (χ3n) is 6.75. The van der Waals surface area contributed by atoms with Gasteiger partial charge in [0.25, 0.3) is 5.56 Å². The third kappa shape index (κ3) is 4.01. The van der Waals surface area contributed by atoms with E-state index in [0.717, 1.165) is 11.3 Å². The van der Waals surface area contributed by atoms with Crippen LogP contribution in [0.15, 0.2) is 76.5 Å². The Balaban J connectivity index is 1.35. The molecule has 0 saturated carbocycles. The molecular weight excluding hydrogens is 493 g/mol. The molecule has 6 rings (SSSR count). The molecule has 0 spiro atoms. The molecule has 10 heteroatoms. The van der Waals surface area contributed by atoms with Gasteiger partial charge >= 0.3 is 0 Å². The molecule has 2 aliphatic rings. The number of pyridine rings is 1. The van der Waals surface area contributed by atoms with Gasteiger partial charge in [0.15, 0.2) is 5.69 Å². The Kier molecular flexibility index (Phi) is 5.46. The van der Waals surface area contributed by atoms with Gasteiger partial charge in [0.1, 0.15) is 6.07 Å². The first-order valence-corrected chi connectivity index (χ1v) is 12.0. The van der Waals surface area contributed by atoms with E-state index in [4.69, 9.17) is 22.6 Å². The van der Waals surface area contributed by atoms with Crippen molar-refractivity contribution in [2.24, 2.45) is 4.99 Å². The zero-order chi connectivity index (χ0) is 25.7. The van der Waals surface area contributed by atoms with Gasteiger partial charge in [0, 0.05) is 45.7 Å². The van der Waals surface area contributed by atoms with Crippen molar-refractivity contribution >= 4 is 28.6 Å². The van der Waals surface area contributed by atoms with Crippen LogP contribution in [-0.2, 0) is 6.42 Å². The normalized spacial score (nSPS) is 16.6. The molecule has 0 saturated heterocycles. The van der Waals surface area contributed by atoms with E-state index >= 15 is 0 Å². The number of anilines is 1. The van der Waals surface area contributed by atoms with Gasteiger partial charge in [-0.25, -0.2) is 9.67 Å². The first-order valence-electron chi connectivity index (χ1n) is 11.6. The van der Waals surface area contributed by atoms with Crippen LogP contribution in [0.4, 0.5) is 10.1 Å². The highest BCUT2D eigenvalue weighted by Crippen LogP contribution is 2.38. The Labute approximate surface area is 215 Å². The number of aryl methyl sites for hydroxylation is 1. The van der Waals surface area contributed by atoms with E-state index in [1.165, 1.54) is 10.9 Å². The van der Waals surface area contributed by atoms with Crippen molar-refractivity contribution in [2.45, 2.75) is 25.3 Å². The summed E-state index contributed by atoms with van der Waals surface area (Å²) >= 11 is 6.30. The quantitative estimate of drug-likeness (QED) is 0.310. The van der Waals surface area contributed by atoms with Gasteiger partial charge in [-0.3, -0.25) is 4.79 Å². The maximum absolute atomic E-state index is 14.8. The molecule has 0 bridgehead atoms. The number of nitrogen functional groups attached to an aromatic ring is 1. The van der Waals surface area contributed by atoms with Crippen LogP contribution in [0.2, 0.25) is 5.02 Å². The summed E-state index contributed by atoms with van der Waals surface area (Å²) in [6.45, 7) is 0. The molecule has 0 aliphatic carbocycles. The van der Waals surface area contributed by atoms with Crippen molar-refractivity contribution in [1.29, 1.82) is 5.26 Å². The van der Waals surface area contributed by atoms with Gasteiger partial charge in [0.05, 0.1) is 17.9 Å². The van der Waals surface area contributed by atoms with E-state index in [1.54, 1.807) is 53.1 Å². The van der Waals surface area contributed by atoms with E-state index in [0.29, 0.717) is 58.1 Å². The Bertz CT molecular complexity index is 1730. The van der Waals surface area contributed by atoms with Gasteiger partial charge in [-0.05, 0) is 60.4 Å². The van der Waals surface area contributed by atoms with Crippen molar-refractivity contribution in [3.8, 4) is 22.9 Å². The Hall–Kier alpha value is -4.55. The van der Waals surface area contributed by atoms with E-state index in [1.807, 2.05) is 12.1 Å². The summed E-state index contributed by atoms with van der Waals surface area (Å²) in [7, 11) is 0. The first-order chi connectivity index (χ1) is 17.9. The number of rotatable bonds is 4. The fourth-order valence-electron chi connectivity index (χ4n) is 5.02. The smallest absolute Gasteiger partial charge is 0.251 e. The number of nitriles is 1. The second-order valence-electron chi connectivity index (χ2n) is 8.99. The molecule has 0 unspecified atom stereocenters. The second-order valence-corrected chi connectivity index (χ2v) is 9.43. The number of hydrogen-bond donors (Lipinski definition) is 1. The topological polar surface area (TPSA) is 115 Å². The molecular formula is C27H19ClFN7O. The Morgan fingerprint density at radius 2 is 1.92 bits per heavy atom. The van der Waals surface area contributed by atoms with Crippen LogP contribution < -0.4 is 11.3 Å². The van der Waals surface area contributed by atoms with E-state index in [-0.39, 0.29) is 17.3 Å². The number of aromatic nitrogens is 4. The molecule has 0 amide bonds. The van der Waals surface area contributed by atoms with Gasteiger partial charge in [0.2, 0.25) is 5.95 Å². The molecule has 4 aromatic rings. The van der Waals surface area contributed by atoms with Crippen molar-refractivity contribution in [3.05, 3.63) is 99.1 Å². The summed E-state index contributed by atoms with van der Waals surface area (Å²) in [6, 6.07) is 17.4. The number of allylic oxidation sites excluding steroid dienone is 1. The Morgan fingerprint density at radius 3 is 2.68 bits per heavy atom. The molecule has 2 aliphatic heterocycles. The largest absolute Gasteiger partial charge is 0.399 e. The minimum atomic E-state index is -0.522. The first kappa shape index (κ1) is 22.9. The molecule has 2 aromatic carbocycles. The van der Waals surface area contributed by atoms with Gasteiger partial charge in [-0.2, -0.15) is 9.65 Å². The van der Waals surface area contributed by atoms with Crippen molar-refractivity contribution in [2.75, 3.05) is 5.73 Å². The van der Waals surface area contributed by atoms with Gasteiger partial charge < -0.3 is 10.3 Å². The number of fused-ring (bicyclic) bond motifs is 1. The highest BCUT2D eigenvalue weighted by molar-refractivity contribution is 6.31. The van der Waals surface area contributed by atoms with Crippen LogP contribution in [0.3, 0.4) is 0 Å². The summed E-state index contributed by atoms with van der Waals surface area (Å²) in [5.74, 6) is -0.522. The molecule has 182 valence electrons. The number of nitrogens with two attached hydrogens (primary N) is 1. The zero-order valence-electron chi connectivity index (χ0n) is 19.4. The van der Waals surface area contributed by atoms with Gasteiger partial charge in [-0.1, -0.05) is 28.9 Å². The van der Waals surface area contributed by atoms with Crippen LogP contribution in [0.1, 0.15) is 35.8 Å². The summed E-state index contributed by atoms with van der Waals surface area (Å²) in [5.41, 5.74) is 11.0. The molecule has 2 N–H and O–H groups in total. The average molecular weight is 512 g/mol. The lowest BCUT2D eigenvalue weighted by atomic mass is 9.98. The van der Waals surface area contributed by atoms with E-state index < -0.39 is 5.95 Å². The number of halogens is 2.